The van der Waals surface area contributed by atoms with E-state index in [9.17, 15) is 9.59 Å². The van der Waals surface area contributed by atoms with Gasteiger partial charge in [0.2, 0.25) is 5.91 Å². The first kappa shape index (κ1) is 20.9. The number of anilines is 1. The van der Waals surface area contributed by atoms with Crippen molar-refractivity contribution in [1.82, 2.24) is 14.7 Å². The first-order valence-corrected chi connectivity index (χ1v) is 10.5. The number of amides is 2. The van der Waals surface area contributed by atoms with E-state index >= 15 is 0 Å². The Morgan fingerprint density at radius 3 is 2.69 bits per heavy atom. The topological polar surface area (TPSA) is 79.6 Å². The molecule has 0 unspecified atom stereocenters. The van der Waals surface area contributed by atoms with Crippen molar-refractivity contribution in [2.75, 3.05) is 17.6 Å². The molecule has 2 aromatic rings. The van der Waals surface area contributed by atoms with Gasteiger partial charge in [0.1, 0.15) is 5.70 Å². The summed E-state index contributed by atoms with van der Waals surface area (Å²) in [6.45, 7) is 9.13. The zero-order valence-electron chi connectivity index (χ0n) is 17.1. The van der Waals surface area contributed by atoms with Gasteiger partial charge in [0.05, 0.1) is 11.9 Å². The minimum absolute atomic E-state index is 0.130. The number of thioether (sulfide) groups is 1. The normalized spacial score (nSPS) is 15.2. The van der Waals surface area contributed by atoms with Crippen molar-refractivity contribution in [2.24, 2.45) is 4.99 Å². The molecule has 1 aromatic carbocycles. The van der Waals surface area contributed by atoms with E-state index in [1.165, 1.54) is 11.8 Å². The van der Waals surface area contributed by atoms with E-state index in [1.807, 2.05) is 52.1 Å². The van der Waals surface area contributed by atoms with E-state index in [4.69, 9.17) is 0 Å². The van der Waals surface area contributed by atoms with E-state index in [0.717, 1.165) is 28.9 Å². The molecule has 29 heavy (non-hydrogen) atoms. The number of amidine groups is 1. The van der Waals surface area contributed by atoms with Crippen LogP contribution >= 0.6 is 11.8 Å². The molecule has 0 aliphatic carbocycles. The number of rotatable bonds is 6. The highest BCUT2D eigenvalue weighted by Gasteiger charge is 2.29. The molecule has 0 saturated carbocycles. The van der Waals surface area contributed by atoms with Gasteiger partial charge in [0, 0.05) is 30.5 Å². The zero-order valence-corrected chi connectivity index (χ0v) is 17.9. The Kier molecular flexibility index (Phi) is 6.53. The van der Waals surface area contributed by atoms with E-state index in [2.05, 4.69) is 15.4 Å². The first-order chi connectivity index (χ1) is 13.9. The standard InChI is InChI=1S/C21H25N5O2S/c1-5-25-12-16(11-22-25)10-18-20(28)26(6-2)21(24-18)29-13-19(27)23-17-8-7-14(3)9-15(17)4/h7-12H,5-6,13H2,1-4H3,(H,23,27). The molecule has 0 atom stereocenters. The van der Waals surface area contributed by atoms with Gasteiger partial charge in [0.15, 0.2) is 5.17 Å². The molecule has 0 bridgehead atoms. The lowest BCUT2D eigenvalue weighted by atomic mass is 10.1. The predicted molar refractivity (Wildman–Crippen MR) is 118 cm³/mol. The minimum atomic E-state index is -0.158. The maximum absolute atomic E-state index is 12.6. The summed E-state index contributed by atoms with van der Waals surface area (Å²) < 4.78 is 1.79. The fraction of sp³-hybridized carbons (Fsp3) is 0.333. The smallest absolute Gasteiger partial charge is 0.278 e. The Morgan fingerprint density at radius 1 is 1.24 bits per heavy atom. The second-order valence-corrected chi connectivity index (χ2v) is 7.70. The van der Waals surface area contributed by atoms with Crippen molar-refractivity contribution in [3.8, 4) is 0 Å². The molecule has 0 saturated heterocycles. The van der Waals surface area contributed by atoms with Crippen LogP contribution in [-0.4, -0.2) is 44.0 Å². The third-order valence-corrected chi connectivity index (χ3v) is 5.47. The van der Waals surface area contributed by atoms with Crippen molar-refractivity contribution in [1.29, 1.82) is 0 Å². The third kappa shape index (κ3) is 4.95. The van der Waals surface area contributed by atoms with Crippen molar-refractivity contribution in [3.63, 3.8) is 0 Å². The average Bonchev–Trinajstić information content (AvgIpc) is 3.27. The van der Waals surface area contributed by atoms with Gasteiger partial charge in [-0.15, -0.1) is 0 Å². The number of carbonyl (C=O) groups excluding carboxylic acids is 2. The quantitative estimate of drug-likeness (QED) is 0.739. The second kappa shape index (κ2) is 9.09. The largest absolute Gasteiger partial charge is 0.325 e. The van der Waals surface area contributed by atoms with Gasteiger partial charge in [-0.1, -0.05) is 29.5 Å². The number of likely N-dealkylation sites (N-methyl/N-ethyl adjacent to an activating group) is 1. The molecular formula is C21H25N5O2S. The van der Waals surface area contributed by atoms with Gasteiger partial charge in [-0.25, -0.2) is 4.99 Å². The van der Waals surface area contributed by atoms with E-state index in [1.54, 1.807) is 21.9 Å². The summed E-state index contributed by atoms with van der Waals surface area (Å²) in [5.74, 6) is -0.111. The summed E-state index contributed by atoms with van der Waals surface area (Å²) in [7, 11) is 0. The van der Waals surface area contributed by atoms with Crippen LogP contribution in [0.15, 0.2) is 41.3 Å². The van der Waals surface area contributed by atoms with Gasteiger partial charge in [-0.2, -0.15) is 5.10 Å². The van der Waals surface area contributed by atoms with Gasteiger partial charge in [0.25, 0.3) is 5.91 Å². The number of aryl methyl sites for hydroxylation is 3. The molecule has 3 rings (SSSR count). The molecule has 2 heterocycles. The lowest BCUT2D eigenvalue weighted by Gasteiger charge is -2.15. The molecule has 1 aliphatic rings. The van der Waals surface area contributed by atoms with Crippen LogP contribution in [-0.2, 0) is 16.1 Å². The monoisotopic (exact) mass is 411 g/mol. The van der Waals surface area contributed by atoms with E-state index < -0.39 is 0 Å². The average molecular weight is 412 g/mol. The number of hydrogen-bond donors (Lipinski definition) is 1. The van der Waals surface area contributed by atoms with Crippen LogP contribution in [0.5, 0.6) is 0 Å². The molecule has 152 valence electrons. The van der Waals surface area contributed by atoms with Gasteiger partial charge >= 0.3 is 0 Å². The molecule has 1 aromatic heterocycles. The summed E-state index contributed by atoms with van der Waals surface area (Å²) in [4.78, 5) is 31.1. The number of aliphatic imine (C=N–C) groups is 1. The highest BCUT2D eigenvalue weighted by Crippen LogP contribution is 2.24. The van der Waals surface area contributed by atoms with Crippen LogP contribution in [0.3, 0.4) is 0 Å². The molecule has 0 fully saturated rings. The lowest BCUT2D eigenvalue weighted by molar-refractivity contribution is -0.122. The lowest BCUT2D eigenvalue weighted by Crippen LogP contribution is -2.31. The van der Waals surface area contributed by atoms with Crippen molar-refractivity contribution < 1.29 is 9.59 Å². The molecule has 0 radical (unpaired) electrons. The van der Waals surface area contributed by atoms with E-state index in [0.29, 0.717) is 17.4 Å². The molecule has 0 spiro atoms. The Bertz CT molecular complexity index is 993. The zero-order chi connectivity index (χ0) is 21.0. The van der Waals surface area contributed by atoms with Crippen LogP contribution in [0.4, 0.5) is 5.69 Å². The van der Waals surface area contributed by atoms with Crippen LogP contribution in [0.2, 0.25) is 0 Å². The maximum Gasteiger partial charge on any atom is 0.278 e. The molecule has 1 aliphatic heterocycles. The van der Waals surface area contributed by atoms with Crippen LogP contribution in [0.25, 0.3) is 6.08 Å². The number of nitrogens with one attached hydrogen (secondary N) is 1. The number of carbonyl (C=O) groups is 2. The van der Waals surface area contributed by atoms with Crippen molar-refractivity contribution in [2.45, 2.75) is 34.2 Å². The summed E-state index contributed by atoms with van der Waals surface area (Å²) >= 11 is 1.26. The predicted octanol–water partition coefficient (Wildman–Crippen LogP) is 3.45. The third-order valence-electron chi connectivity index (χ3n) is 4.50. The Labute approximate surface area is 174 Å². The fourth-order valence-electron chi connectivity index (χ4n) is 2.97. The highest BCUT2D eigenvalue weighted by molar-refractivity contribution is 8.14. The minimum Gasteiger partial charge on any atom is -0.325 e. The van der Waals surface area contributed by atoms with Gasteiger partial charge < -0.3 is 5.32 Å². The van der Waals surface area contributed by atoms with Gasteiger partial charge in [-0.3, -0.25) is 19.2 Å². The fourth-order valence-corrected chi connectivity index (χ4v) is 3.84. The number of hydrogen-bond acceptors (Lipinski definition) is 5. The number of aromatic nitrogens is 2. The van der Waals surface area contributed by atoms with Crippen LogP contribution < -0.4 is 5.32 Å². The summed E-state index contributed by atoms with van der Waals surface area (Å²) in [5.41, 5.74) is 4.15. The van der Waals surface area contributed by atoms with Crippen LogP contribution in [0, 0.1) is 13.8 Å². The SMILES string of the molecule is CCN1C(=O)C(=Cc2cnn(CC)c2)N=C1SCC(=O)Nc1ccc(C)cc1C. The molecule has 7 nitrogen and oxygen atoms in total. The molecule has 2 amide bonds. The molecule has 8 heteroatoms. The molecular weight excluding hydrogens is 386 g/mol. The summed E-state index contributed by atoms with van der Waals surface area (Å²) in [6.07, 6.45) is 5.31. The van der Waals surface area contributed by atoms with Gasteiger partial charge in [-0.05, 0) is 45.4 Å². The molecule has 1 N–H and O–H groups in total. The second-order valence-electron chi connectivity index (χ2n) is 6.76. The Morgan fingerprint density at radius 2 is 2.03 bits per heavy atom. The van der Waals surface area contributed by atoms with E-state index in [-0.39, 0.29) is 17.6 Å². The number of benzene rings is 1. The maximum atomic E-state index is 12.6. The summed E-state index contributed by atoms with van der Waals surface area (Å²) in [5, 5.41) is 7.68. The highest BCUT2D eigenvalue weighted by atomic mass is 32.2. The number of nitrogens with zero attached hydrogens (tertiary/aromatic N) is 4. The Hall–Kier alpha value is -2.87. The summed E-state index contributed by atoms with van der Waals surface area (Å²) in [6, 6.07) is 5.89. The Balaban J connectivity index is 1.68. The van der Waals surface area contributed by atoms with Crippen LogP contribution in [0.1, 0.15) is 30.5 Å². The van der Waals surface area contributed by atoms with Crippen molar-refractivity contribution in [3.05, 3.63) is 53.0 Å². The first-order valence-electron chi connectivity index (χ1n) is 9.55. The van der Waals surface area contributed by atoms with Crippen molar-refractivity contribution >= 4 is 40.5 Å².